The number of amides is 5. The Bertz CT molecular complexity index is 1020. The average molecular weight is 587 g/mol. The molecule has 4 rings (SSSR count). The molecule has 5 amide bonds. The van der Waals surface area contributed by atoms with Gasteiger partial charge in [-0.1, -0.05) is 63.3 Å². The van der Waals surface area contributed by atoms with Crippen molar-refractivity contribution in [2.45, 2.75) is 108 Å². The zero-order valence-electron chi connectivity index (χ0n) is 25.5. The third kappa shape index (κ3) is 8.32. The number of carbonyl (C=O) groups is 3. The summed E-state index contributed by atoms with van der Waals surface area (Å²) in [6.07, 6.45) is 6.57. The summed E-state index contributed by atoms with van der Waals surface area (Å²) in [4.78, 5) is 42.8. The topological polar surface area (TPSA) is 100 Å². The van der Waals surface area contributed by atoms with Crippen molar-refractivity contribution in [2.24, 2.45) is 5.92 Å². The molecule has 1 aromatic carbocycles. The van der Waals surface area contributed by atoms with E-state index in [2.05, 4.69) is 37.2 Å². The van der Waals surface area contributed by atoms with Gasteiger partial charge in [-0.25, -0.2) is 14.5 Å². The normalized spacial score (nSPS) is 26.4. The van der Waals surface area contributed by atoms with Crippen molar-refractivity contribution in [3.05, 3.63) is 35.9 Å². The first-order valence-corrected chi connectivity index (χ1v) is 19.2. The van der Waals surface area contributed by atoms with Gasteiger partial charge >= 0.3 is 12.1 Å². The predicted molar refractivity (Wildman–Crippen MR) is 162 cm³/mol. The SMILES string of the molecule is CCCCNC(=O)NC1CCC(CN2C(=O)N(COCC[Si](C)(C)C)C(=O)C23CC(OCc2ccccc2)C3)CC1. The Labute approximate surface area is 246 Å². The highest BCUT2D eigenvalue weighted by Crippen LogP contribution is 2.47. The molecule has 1 aliphatic heterocycles. The van der Waals surface area contributed by atoms with Gasteiger partial charge in [-0.2, -0.15) is 0 Å². The van der Waals surface area contributed by atoms with Crippen molar-refractivity contribution in [1.82, 2.24) is 20.4 Å². The summed E-state index contributed by atoms with van der Waals surface area (Å²) in [6, 6.07) is 10.8. The molecule has 0 unspecified atom stereocenters. The molecule has 0 aromatic heterocycles. The molecular weight excluding hydrogens is 536 g/mol. The first-order chi connectivity index (χ1) is 19.6. The van der Waals surface area contributed by atoms with Gasteiger partial charge in [0.2, 0.25) is 0 Å². The van der Waals surface area contributed by atoms with E-state index in [0.29, 0.717) is 45.1 Å². The van der Waals surface area contributed by atoms with E-state index >= 15 is 0 Å². The van der Waals surface area contributed by atoms with E-state index in [1.807, 2.05) is 35.2 Å². The monoisotopic (exact) mass is 586 g/mol. The van der Waals surface area contributed by atoms with Gasteiger partial charge in [-0.15, -0.1) is 0 Å². The molecule has 1 saturated heterocycles. The molecule has 2 saturated carbocycles. The Kier molecular flexibility index (Phi) is 10.9. The Morgan fingerprint density at radius 2 is 1.78 bits per heavy atom. The minimum absolute atomic E-state index is 0.0136. The van der Waals surface area contributed by atoms with Crippen LogP contribution in [0.25, 0.3) is 0 Å². The molecule has 41 heavy (non-hydrogen) atoms. The number of urea groups is 2. The maximum Gasteiger partial charge on any atom is 0.329 e. The van der Waals surface area contributed by atoms with Crippen LogP contribution in [0.1, 0.15) is 63.9 Å². The third-order valence-corrected chi connectivity index (χ3v) is 10.4. The summed E-state index contributed by atoms with van der Waals surface area (Å²) < 4.78 is 12.0. The van der Waals surface area contributed by atoms with Gasteiger partial charge in [-0.05, 0) is 49.6 Å². The van der Waals surface area contributed by atoms with Crippen molar-refractivity contribution in [1.29, 1.82) is 0 Å². The van der Waals surface area contributed by atoms with E-state index in [0.717, 1.165) is 50.1 Å². The van der Waals surface area contributed by atoms with Crippen molar-refractivity contribution >= 4 is 26.0 Å². The fourth-order valence-electron chi connectivity index (χ4n) is 6.04. The van der Waals surface area contributed by atoms with Crippen molar-refractivity contribution < 1.29 is 23.9 Å². The van der Waals surface area contributed by atoms with Crippen LogP contribution >= 0.6 is 0 Å². The van der Waals surface area contributed by atoms with E-state index in [1.54, 1.807) is 0 Å². The molecule has 1 spiro atoms. The second-order valence-electron chi connectivity index (χ2n) is 13.3. The number of unbranched alkanes of at least 4 members (excludes halogenated alkanes) is 1. The highest BCUT2D eigenvalue weighted by molar-refractivity contribution is 6.76. The van der Waals surface area contributed by atoms with Crippen LogP contribution < -0.4 is 10.6 Å². The number of hydrogen-bond acceptors (Lipinski definition) is 5. The van der Waals surface area contributed by atoms with Crippen LogP contribution in [-0.2, 0) is 20.9 Å². The van der Waals surface area contributed by atoms with Gasteiger partial charge in [-0.3, -0.25) is 4.79 Å². The second kappa shape index (κ2) is 14.2. The van der Waals surface area contributed by atoms with Gasteiger partial charge in [0.05, 0.1) is 12.7 Å². The van der Waals surface area contributed by atoms with Gasteiger partial charge < -0.3 is 25.0 Å². The van der Waals surface area contributed by atoms with Crippen LogP contribution in [-0.4, -0.2) is 80.0 Å². The first kappa shape index (κ1) is 31.5. The molecular formula is C31H50N4O5Si. The molecule has 3 fully saturated rings. The van der Waals surface area contributed by atoms with E-state index in [4.69, 9.17) is 9.47 Å². The standard InChI is InChI=1S/C31H50N4O5Si/c1-5-6-16-32-29(37)33-26-14-12-24(13-15-26)21-35-30(38)34(23-39-17-18-41(2,3)4)28(36)31(35)19-27(20-31)40-22-25-10-8-7-9-11-25/h7-11,24,26-27H,5-6,12-23H2,1-4H3,(H2,32,33,37). The summed E-state index contributed by atoms with van der Waals surface area (Å²) >= 11 is 0. The molecule has 0 bridgehead atoms. The zero-order chi connectivity index (χ0) is 29.5. The van der Waals surface area contributed by atoms with Gasteiger partial charge in [0, 0.05) is 46.7 Å². The molecule has 2 aliphatic carbocycles. The minimum atomic E-state index is -1.28. The van der Waals surface area contributed by atoms with E-state index in [1.165, 1.54) is 4.90 Å². The molecule has 1 heterocycles. The Morgan fingerprint density at radius 1 is 1.07 bits per heavy atom. The van der Waals surface area contributed by atoms with Gasteiger partial charge in [0.15, 0.2) is 0 Å². The van der Waals surface area contributed by atoms with Crippen molar-refractivity contribution in [3.8, 4) is 0 Å². The van der Waals surface area contributed by atoms with Crippen LogP contribution in [0.15, 0.2) is 30.3 Å². The summed E-state index contributed by atoms with van der Waals surface area (Å²) in [6.45, 7) is 11.3. The maximum absolute atomic E-state index is 13.7. The largest absolute Gasteiger partial charge is 0.373 e. The number of rotatable bonds is 14. The van der Waals surface area contributed by atoms with E-state index < -0.39 is 13.6 Å². The minimum Gasteiger partial charge on any atom is -0.373 e. The Hall–Kier alpha value is -2.43. The third-order valence-electron chi connectivity index (χ3n) is 8.74. The summed E-state index contributed by atoms with van der Waals surface area (Å²) in [5, 5.41) is 6.03. The van der Waals surface area contributed by atoms with Crippen LogP contribution in [0.5, 0.6) is 0 Å². The number of hydrogen-bond donors (Lipinski definition) is 2. The summed E-state index contributed by atoms with van der Waals surface area (Å²) in [5.41, 5.74) is 0.260. The predicted octanol–water partition coefficient (Wildman–Crippen LogP) is 5.34. The lowest BCUT2D eigenvalue weighted by atomic mass is 9.72. The lowest BCUT2D eigenvalue weighted by molar-refractivity contribution is -0.152. The van der Waals surface area contributed by atoms with Crippen molar-refractivity contribution in [3.63, 3.8) is 0 Å². The molecule has 0 radical (unpaired) electrons. The van der Waals surface area contributed by atoms with Crippen LogP contribution in [0.3, 0.4) is 0 Å². The maximum atomic E-state index is 13.7. The number of nitrogens with zero attached hydrogens (tertiary/aromatic N) is 2. The molecule has 9 nitrogen and oxygen atoms in total. The fourth-order valence-corrected chi connectivity index (χ4v) is 6.80. The van der Waals surface area contributed by atoms with Gasteiger partial charge in [0.1, 0.15) is 12.3 Å². The number of nitrogens with one attached hydrogen (secondary N) is 2. The highest BCUT2D eigenvalue weighted by Gasteiger charge is 2.64. The average Bonchev–Trinajstić information content (AvgIpc) is 3.11. The van der Waals surface area contributed by atoms with Gasteiger partial charge in [0.25, 0.3) is 5.91 Å². The molecule has 1 aromatic rings. The Balaban J connectivity index is 1.34. The summed E-state index contributed by atoms with van der Waals surface area (Å²) in [5.74, 6) is 0.149. The Morgan fingerprint density at radius 3 is 2.44 bits per heavy atom. The summed E-state index contributed by atoms with van der Waals surface area (Å²) in [7, 11) is -1.28. The number of carbonyl (C=O) groups excluding carboxylic acids is 3. The number of imide groups is 1. The number of ether oxygens (including phenoxy) is 2. The molecule has 228 valence electrons. The zero-order valence-corrected chi connectivity index (χ0v) is 26.5. The molecule has 10 heteroatoms. The fraction of sp³-hybridized carbons (Fsp3) is 0.710. The van der Waals surface area contributed by atoms with Crippen LogP contribution in [0.4, 0.5) is 9.59 Å². The lowest BCUT2D eigenvalue weighted by Gasteiger charge is -2.48. The smallest absolute Gasteiger partial charge is 0.329 e. The highest BCUT2D eigenvalue weighted by atomic mass is 28.3. The van der Waals surface area contributed by atoms with E-state index in [9.17, 15) is 14.4 Å². The van der Waals surface area contributed by atoms with Crippen LogP contribution in [0.2, 0.25) is 25.7 Å². The first-order valence-electron chi connectivity index (χ1n) is 15.5. The number of benzene rings is 1. The van der Waals surface area contributed by atoms with Crippen molar-refractivity contribution in [2.75, 3.05) is 26.4 Å². The molecule has 2 N–H and O–H groups in total. The van der Waals surface area contributed by atoms with Crippen LogP contribution in [0, 0.1) is 5.92 Å². The lowest BCUT2D eigenvalue weighted by Crippen LogP contribution is -2.62. The second-order valence-corrected chi connectivity index (χ2v) is 18.9. The molecule has 0 atom stereocenters. The van der Waals surface area contributed by atoms with E-state index in [-0.39, 0.29) is 36.8 Å². The quantitative estimate of drug-likeness (QED) is 0.174. The molecule has 3 aliphatic rings.